The van der Waals surface area contributed by atoms with Gasteiger partial charge in [-0.1, -0.05) is 12.1 Å². The number of ether oxygens (including phenoxy) is 1. The molecule has 22 heavy (non-hydrogen) atoms. The lowest BCUT2D eigenvalue weighted by Crippen LogP contribution is -2.44. The van der Waals surface area contributed by atoms with E-state index >= 15 is 0 Å². The number of amides is 1. The molecule has 122 valence electrons. The Hall–Kier alpha value is -1.26. The molecule has 0 spiro atoms. The highest BCUT2D eigenvalue weighted by atomic mass is 35.5. The van der Waals surface area contributed by atoms with Gasteiger partial charge in [0.15, 0.2) is 0 Å². The molecule has 1 N–H and O–H groups in total. The molecule has 2 fully saturated rings. The van der Waals surface area contributed by atoms with Gasteiger partial charge in [0.25, 0.3) is 0 Å². The van der Waals surface area contributed by atoms with Crippen LogP contribution in [0.25, 0.3) is 0 Å². The fourth-order valence-corrected chi connectivity index (χ4v) is 3.60. The highest BCUT2D eigenvalue weighted by molar-refractivity contribution is 5.85. The molecule has 4 nitrogen and oxygen atoms in total. The summed E-state index contributed by atoms with van der Waals surface area (Å²) < 4.78 is 5.18. The summed E-state index contributed by atoms with van der Waals surface area (Å²) in [5.74, 6) is 1.02. The van der Waals surface area contributed by atoms with Crippen molar-refractivity contribution in [3.63, 3.8) is 0 Å². The summed E-state index contributed by atoms with van der Waals surface area (Å²) >= 11 is 0. The Morgan fingerprint density at radius 3 is 2.59 bits per heavy atom. The Kier molecular flexibility index (Phi) is 5.70. The minimum Gasteiger partial charge on any atom is -0.497 e. The van der Waals surface area contributed by atoms with E-state index in [-0.39, 0.29) is 24.2 Å². The number of benzene rings is 1. The Balaban J connectivity index is 0.00000176. The first-order chi connectivity index (χ1) is 10.2. The predicted octanol–water partition coefficient (Wildman–Crippen LogP) is 2.57. The average molecular weight is 325 g/mol. The number of nitrogens with one attached hydrogen (secondary N) is 1. The lowest BCUT2D eigenvalue weighted by molar-refractivity contribution is -0.135. The van der Waals surface area contributed by atoms with E-state index in [1.165, 1.54) is 0 Å². The van der Waals surface area contributed by atoms with Crippen molar-refractivity contribution in [1.29, 1.82) is 0 Å². The van der Waals surface area contributed by atoms with E-state index in [4.69, 9.17) is 4.74 Å². The van der Waals surface area contributed by atoms with E-state index < -0.39 is 0 Å². The zero-order valence-electron chi connectivity index (χ0n) is 13.2. The summed E-state index contributed by atoms with van der Waals surface area (Å²) in [6, 6.07) is 8.66. The Bertz CT molecular complexity index is 492. The molecule has 1 aromatic carbocycles. The molecule has 5 heteroatoms. The number of carbonyl (C=O) groups is 1. The third-order valence-electron chi connectivity index (χ3n) is 4.89. The lowest BCUT2D eigenvalue weighted by Gasteiger charge is -2.30. The molecule has 0 aromatic heterocycles. The van der Waals surface area contributed by atoms with Crippen LogP contribution in [0.2, 0.25) is 0 Å². The van der Waals surface area contributed by atoms with E-state index in [1.807, 2.05) is 31.2 Å². The van der Waals surface area contributed by atoms with Gasteiger partial charge in [0.2, 0.25) is 5.91 Å². The van der Waals surface area contributed by atoms with Gasteiger partial charge < -0.3 is 15.0 Å². The van der Waals surface area contributed by atoms with Gasteiger partial charge in [-0.25, -0.2) is 0 Å². The highest BCUT2D eigenvalue weighted by Crippen LogP contribution is 2.32. The predicted molar refractivity (Wildman–Crippen MR) is 89.8 cm³/mol. The molecule has 3 unspecified atom stereocenters. The number of hydrogen-bond acceptors (Lipinski definition) is 3. The summed E-state index contributed by atoms with van der Waals surface area (Å²) in [4.78, 5) is 15.1. The number of rotatable bonds is 3. The molecule has 2 saturated heterocycles. The van der Waals surface area contributed by atoms with Crippen LogP contribution in [0.15, 0.2) is 24.3 Å². The monoisotopic (exact) mass is 324 g/mol. The van der Waals surface area contributed by atoms with E-state index in [1.54, 1.807) is 7.11 Å². The largest absolute Gasteiger partial charge is 0.497 e. The zero-order chi connectivity index (χ0) is 14.8. The second-order valence-electron chi connectivity index (χ2n) is 6.12. The van der Waals surface area contributed by atoms with Crippen molar-refractivity contribution < 1.29 is 9.53 Å². The van der Waals surface area contributed by atoms with Crippen LogP contribution in [-0.2, 0) is 4.79 Å². The minimum absolute atomic E-state index is 0. The third kappa shape index (κ3) is 3.23. The number of nitrogens with zero attached hydrogens (tertiary/aromatic N) is 1. The van der Waals surface area contributed by atoms with Gasteiger partial charge in [-0.3, -0.25) is 4.79 Å². The van der Waals surface area contributed by atoms with E-state index in [0.717, 1.165) is 43.7 Å². The van der Waals surface area contributed by atoms with Gasteiger partial charge in [0, 0.05) is 18.6 Å². The van der Waals surface area contributed by atoms with E-state index in [2.05, 4.69) is 10.2 Å². The Labute approximate surface area is 138 Å². The van der Waals surface area contributed by atoms with Gasteiger partial charge in [-0.15, -0.1) is 12.4 Å². The molecular weight excluding hydrogens is 300 g/mol. The van der Waals surface area contributed by atoms with Crippen molar-refractivity contribution in [3.05, 3.63) is 29.8 Å². The first-order valence-corrected chi connectivity index (χ1v) is 7.87. The number of carbonyl (C=O) groups excluding carboxylic acids is 1. The average Bonchev–Trinajstić information content (AvgIpc) is 2.79. The van der Waals surface area contributed by atoms with Crippen LogP contribution in [0.1, 0.15) is 37.7 Å². The fourth-order valence-electron chi connectivity index (χ4n) is 3.60. The van der Waals surface area contributed by atoms with Crippen LogP contribution in [0.5, 0.6) is 5.75 Å². The number of hydrogen-bond donors (Lipinski definition) is 1. The second-order valence-corrected chi connectivity index (χ2v) is 6.12. The van der Waals surface area contributed by atoms with Crippen molar-refractivity contribution in [2.45, 2.75) is 44.2 Å². The van der Waals surface area contributed by atoms with Gasteiger partial charge in [0.05, 0.1) is 13.0 Å². The standard InChI is InChI=1S/C17H24N2O2.ClH/c1-12(13-3-7-16(21-2)8-4-13)17(20)19-14-5-6-15(19)11-18-10-9-14;/h3-4,7-8,12,14-15,18H,5-6,9-11H2,1-2H3;1H. The van der Waals surface area contributed by atoms with E-state index in [9.17, 15) is 4.79 Å². The first kappa shape index (κ1) is 17.1. The number of fused-ring (bicyclic) bond motifs is 2. The molecule has 0 radical (unpaired) electrons. The van der Waals surface area contributed by atoms with Crippen LogP contribution < -0.4 is 10.1 Å². The molecule has 2 heterocycles. The van der Waals surface area contributed by atoms with Crippen LogP contribution in [0.3, 0.4) is 0 Å². The van der Waals surface area contributed by atoms with Crippen LogP contribution in [-0.4, -0.2) is 43.1 Å². The molecule has 1 amide bonds. The maximum atomic E-state index is 12.9. The maximum absolute atomic E-state index is 12.9. The Morgan fingerprint density at radius 2 is 1.91 bits per heavy atom. The Morgan fingerprint density at radius 1 is 1.23 bits per heavy atom. The lowest BCUT2D eigenvalue weighted by atomic mass is 9.98. The summed E-state index contributed by atoms with van der Waals surface area (Å²) in [6.45, 7) is 3.99. The quantitative estimate of drug-likeness (QED) is 0.929. The third-order valence-corrected chi connectivity index (χ3v) is 4.89. The van der Waals surface area contributed by atoms with Crippen LogP contribution in [0.4, 0.5) is 0 Å². The highest BCUT2D eigenvalue weighted by Gasteiger charge is 2.39. The summed E-state index contributed by atoms with van der Waals surface area (Å²) in [5, 5.41) is 3.45. The van der Waals surface area contributed by atoms with E-state index in [0.29, 0.717) is 12.1 Å². The van der Waals surface area contributed by atoms with Gasteiger partial charge >= 0.3 is 0 Å². The molecule has 2 aliphatic rings. The summed E-state index contributed by atoms with van der Waals surface area (Å²) in [7, 11) is 1.66. The van der Waals surface area contributed by atoms with Gasteiger partial charge in [-0.2, -0.15) is 0 Å². The van der Waals surface area contributed by atoms with Crippen molar-refractivity contribution in [2.75, 3.05) is 20.2 Å². The second kappa shape index (κ2) is 7.34. The molecule has 2 aliphatic heterocycles. The number of methoxy groups -OCH3 is 1. The molecule has 1 aromatic rings. The maximum Gasteiger partial charge on any atom is 0.230 e. The fraction of sp³-hybridized carbons (Fsp3) is 0.588. The summed E-state index contributed by atoms with van der Waals surface area (Å²) in [5.41, 5.74) is 1.07. The minimum atomic E-state index is -0.0860. The normalized spacial score (nSPS) is 25.1. The molecule has 0 aliphatic carbocycles. The van der Waals surface area contributed by atoms with Crippen LogP contribution >= 0.6 is 12.4 Å². The molecule has 3 atom stereocenters. The van der Waals surface area contributed by atoms with Gasteiger partial charge in [-0.05, 0) is 50.4 Å². The molecule has 0 saturated carbocycles. The first-order valence-electron chi connectivity index (χ1n) is 7.87. The number of halogens is 1. The van der Waals surface area contributed by atoms with Gasteiger partial charge in [0.1, 0.15) is 5.75 Å². The van der Waals surface area contributed by atoms with Crippen molar-refractivity contribution in [1.82, 2.24) is 10.2 Å². The van der Waals surface area contributed by atoms with Crippen molar-refractivity contribution in [2.24, 2.45) is 0 Å². The zero-order valence-corrected chi connectivity index (χ0v) is 14.1. The SMILES string of the molecule is COc1ccc(C(C)C(=O)N2C3CCNCC2CC3)cc1.Cl. The topological polar surface area (TPSA) is 41.6 Å². The van der Waals surface area contributed by atoms with Crippen molar-refractivity contribution in [3.8, 4) is 5.75 Å². The van der Waals surface area contributed by atoms with Crippen LogP contribution in [0, 0.1) is 0 Å². The smallest absolute Gasteiger partial charge is 0.230 e. The molecular formula is C17H25ClN2O2. The van der Waals surface area contributed by atoms with Crippen molar-refractivity contribution >= 4 is 18.3 Å². The molecule has 2 bridgehead atoms. The summed E-state index contributed by atoms with van der Waals surface area (Å²) in [6.07, 6.45) is 3.38. The molecule has 3 rings (SSSR count).